The molecule has 2 heterocycles. The summed E-state index contributed by atoms with van der Waals surface area (Å²) in [5, 5.41) is 33.0. The number of rotatable bonds is 9. The Morgan fingerprint density at radius 2 is 1.84 bits per heavy atom. The van der Waals surface area contributed by atoms with Gasteiger partial charge in [-0.15, -0.1) is 0 Å². The van der Waals surface area contributed by atoms with Gasteiger partial charge in [-0.05, 0) is 60.9 Å². The number of morpholine rings is 1. The average molecular weight is 692 g/mol. The minimum Gasteiger partial charge on any atom is -0.507 e. The minimum absolute atomic E-state index is 0.00219. The third-order valence-corrected chi connectivity index (χ3v) is 8.44. The zero-order valence-electron chi connectivity index (χ0n) is 26.9. The molecule has 4 amide bonds. The fourth-order valence-electron chi connectivity index (χ4n) is 5.46. The van der Waals surface area contributed by atoms with Crippen molar-refractivity contribution in [2.75, 3.05) is 25.1 Å². The van der Waals surface area contributed by atoms with Crippen LogP contribution < -0.4 is 16.0 Å². The second kappa shape index (κ2) is 15.6. The van der Waals surface area contributed by atoms with Crippen molar-refractivity contribution in [3.05, 3.63) is 101 Å². The molecule has 0 bridgehead atoms. The number of halogens is 1. The molecule has 4 aromatic rings. The molecular weight excluding hydrogens is 658 g/mol. The Labute approximate surface area is 294 Å². The van der Waals surface area contributed by atoms with Crippen LogP contribution in [0.5, 0.6) is 5.75 Å². The number of aryl methyl sites for hydroxylation is 1. The van der Waals surface area contributed by atoms with Crippen LogP contribution in [0.25, 0.3) is 11.3 Å². The number of benzene rings is 3. The molecule has 254 valence electrons. The summed E-state index contributed by atoms with van der Waals surface area (Å²) in [4.78, 5) is 41.6. The summed E-state index contributed by atoms with van der Waals surface area (Å²) in [5.41, 5.74) is 3.13. The van der Waals surface area contributed by atoms with E-state index in [9.17, 15) is 19.5 Å². The number of carbonyl (C=O) groups excluding carboxylic acids is 3. The number of aromatic hydroxyl groups is 1. The number of ether oxygens (including phenoxy) is 1. The molecule has 1 aromatic heterocycles. The van der Waals surface area contributed by atoms with E-state index < -0.39 is 29.9 Å². The summed E-state index contributed by atoms with van der Waals surface area (Å²) >= 11 is 6.18. The molecule has 2 aliphatic rings. The van der Waals surface area contributed by atoms with Crippen LogP contribution in [-0.4, -0.2) is 69.5 Å². The van der Waals surface area contributed by atoms with E-state index >= 15 is 0 Å². The van der Waals surface area contributed by atoms with Crippen LogP contribution >= 0.6 is 11.6 Å². The van der Waals surface area contributed by atoms with Gasteiger partial charge in [0.25, 0.3) is 5.91 Å². The molecule has 1 saturated heterocycles. The molecule has 1 aliphatic heterocycles. The van der Waals surface area contributed by atoms with E-state index in [-0.39, 0.29) is 38.0 Å². The number of phenols is 1. The second-order valence-corrected chi connectivity index (χ2v) is 12.3. The molecule has 4 N–H and O–H groups in total. The molecule has 6 rings (SSSR count). The highest BCUT2D eigenvalue weighted by molar-refractivity contribution is 6.31. The maximum atomic E-state index is 13.9. The quantitative estimate of drug-likeness (QED) is 0.187. The van der Waals surface area contributed by atoms with Crippen LogP contribution in [0.4, 0.5) is 10.5 Å². The van der Waals surface area contributed by atoms with Crippen LogP contribution in [0.2, 0.25) is 5.02 Å². The highest BCUT2D eigenvalue weighted by Crippen LogP contribution is 2.33. The van der Waals surface area contributed by atoms with Crippen molar-refractivity contribution >= 4 is 35.1 Å². The van der Waals surface area contributed by atoms with Gasteiger partial charge < -0.3 is 30.7 Å². The van der Waals surface area contributed by atoms with Gasteiger partial charge in [0.15, 0.2) is 0 Å². The van der Waals surface area contributed by atoms with E-state index in [0.29, 0.717) is 45.2 Å². The summed E-state index contributed by atoms with van der Waals surface area (Å²) in [6, 6.07) is 20.4. The molecule has 0 unspecified atom stereocenters. The van der Waals surface area contributed by atoms with E-state index in [2.05, 4.69) is 39.0 Å². The lowest BCUT2D eigenvalue weighted by Crippen LogP contribution is -2.57. The smallest absolute Gasteiger partial charge is 0.315 e. The zero-order chi connectivity index (χ0) is 35.0. The molecular formula is C37H34ClN7O5. The van der Waals surface area contributed by atoms with Gasteiger partial charge >= 0.3 is 6.03 Å². The van der Waals surface area contributed by atoms with E-state index in [4.69, 9.17) is 21.6 Å². The first-order valence-electron chi connectivity index (χ1n) is 16.2. The van der Waals surface area contributed by atoms with Gasteiger partial charge in [0.1, 0.15) is 23.5 Å². The number of carbonyl (C=O) groups is 3. The third kappa shape index (κ3) is 8.42. The largest absolute Gasteiger partial charge is 0.507 e. The summed E-state index contributed by atoms with van der Waals surface area (Å²) in [6.07, 6.45) is 3.78. The molecule has 1 saturated carbocycles. The lowest BCUT2D eigenvalue weighted by molar-refractivity contribution is -0.148. The Balaban J connectivity index is 1.16. The van der Waals surface area contributed by atoms with Crippen molar-refractivity contribution in [3.63, 3.8) is 0 Å². The van der Waals surface area contributed by atoms with E-state index in [1.54, 1.807) is 71.5 Å². The Kier molecular flexibility index (Phi) is 10.6. The van der Waals surface area contributed by atoms with Crippen molar-refractivity contribution in [3.8, 4) is 34.9 Å². The predicted octanol–water partition coefficient (Wildman–Crippen LogP) is 4.59. The maximum Gasteiger partial charge on any atom is 0.315 e. The van der Waals surface area contributed by atoms with E-state index in [1.807, 2.05) is 6.07 Å². The van der Waals surface area contributed by atoms with Crippen LogP contribution in [0, 0.1) is 23.2 Å². The van der Waals surface area contributed by atoms with E-state index in [1.165, 1.54) is 11.0 Å². The highest BCUT2D eigenvalue weighted by Gasteiger charge is 2.38. The zero-order valence-corrected chi connectivity index (χ0v) is 27.7. The van der Waals surface area contributed by atoms with Gasteiger partial charge in [-0.2, -0.15) is 10.4 Å². The van der Waals surface area contributed by atoms with Crippen molar-refractivity contribution in [2.24, 2.45) is 0 Å². The number of amides is 4. The lowest BCUT2D eigenvalue weighted by Gasteiger charge is -2.37. The number of hydrogen-bond donors (Lipinski definition) is 4. The number of urea groups is 1. The fraction of sp³-hybridized carbons (Fsp3) is 0.270. The predicted molar refractivity (Wildman–Crippen MR) is 186 cm³/mol. The fourth-order valence-corrected chi connectivity index (χ4v) is 5.63. The molecule has 1 aliphatic carbocycles. The first kappa shape index (κ1) is 34.1. The van der Waals surface area contributed by atoms with Crippen molar-refractivity contribution in [2.45, 2.75) is 43.9 Å². The number of hydrogen-bond acceptors (Lipinski definition) is 7. The average Bonchev–Trinajstić information content (AvgIpc) is 3.86. The SMILES string of the molecule is N#CCCn1cc(C#Cc2ccc(NC(=O)[C@@H]3COCCN3C(=O)[C@H](NC(=O)NC3CC3)c3ccccc3)cc2)c(-c2cc(Cl)ccc2O)n1. The number of nitrogens with zero attached hydrogens (tertiary/aromatic N) is 4. The van der Waals surface area contributed by atoms with Gasteiger partial charge in [-0.1, -0.05) is 53.8 Å². The molecule has 50 heavy (non-hydrogen) atoms. The topological polar surface area (TPSA) is 162 Å². The summed E-state index contributed by atoms with van der Waals surface area (Å²) in [6.45, 7) is 0.801. The number of aromatic nitrogens is 2. The van der Waals surface area contributed by atoms with Crippen LogP contribution in [0.3, 0.4) is 0 Å². The van der Waals surface area contributed by atoms with Crippen LogP contribution in [0.15, 0.2) is 79.0 Å². The Hall–Kier alpha value is -5.82. The Morgan fingerprint density at radius 1 is 1.06 bits per heavy atom. The van der Waals surface area contributed by atoms with Gasteiger partial charge in [-0.25, -0.2) is 4.79 Å². The molecule has 12 nitrogen and oxygen atoms in total. The maximum absolute atomic E-state index is 13.9. The van der Waals surface area contributed by atoms with Crippen molar-refractivity contribution < 1.29 is 24.2 Å². The summed E-state index contributed by atoms with van der Waals surface area (Å²) < 4.78 is 7.21. The molecule has 2 atom stereocenters. The monoisotopic (exact) mass is 691 g/mol. The summed E-state index contributed by atoms with van der Waals surface area (Å²) in [5.74, 6) is 5.36. The number of anilines is 1. The number of nitriles is 1. The highest BCUT2D eigenvalue weighted by atomic mass is 35.5. The van der Waals surface area contributed by atoms with Crippen molar-refractivity contribution in [1.29, 1.82) is 5.26 Å². The van der Waals surface area contributed by atoms with Crippen LogP contribution in [-0.2, 0) is 20.9 Å². The molecule has 0 spiro atoms. The number of phenolic OH excluding ortho intramolecular Hbond substituents is 1. The van der Waals surface area contributed by atoms with E-state index in [0.717, 1.165) is 12.8 Å². The Morgan fingerprint density at radius 3 is 2.58 bits per heavy atom. The Bertz CT molecular complexity index is 1980. The second-order valence-electron chi connectivity index (χ2n) is 11.9. The standard InChI is InChI=1S/C37H34ClN7O5/c38-27-11-16-32(46)30(21-27)33-26(22-44(43-33)18-4-17-39)10-7-24-8-12-28(13-9-24)40-35(47)31-23-50-20-19-45(31)36(48)34(25-5-2-1-3-6-25)42-37(49)41-29-14-15-29/h1-3,5-6,8-9,11-13,16,21-22,29,31,34,46H,4,14-15,18-20,23H2,(H,40,47)(H2,41,42,49)/t31-,34+/m0/s1. The first-order valence-corrected chi connectivity index (χ1v) is 16.5. The van der Waals surface area contributed by atoms with Gasteiger partial charge in [-0.3, -0.25) is 14.3 Å². The van der Waals surface area contributed by atoms with Gasteiger partial charge in [0.05, 0.1) is 37.8 Å². The van der Waals surface area contributed by atoms with Gasteiger partial charge in [0.2, 0.25) is 5.91 Å². The molecule has 3 aromatic carbocycles. The minimum atomic E-state index is -0.983. The van der Waals surface area contributed by atoms with Crippen LogP contribution in [0.1, 0.15) is 42.0 Å². The number of nitrogens with one attached hydrogen (secondary N) is 3. The molecule has 2 fully saturated rings. The third-order valence-electron chi connectivity index (χ3n) is 8.20. The first-order chi connectivity index (χ1) is 24.3. The molecule has 13 heteroatoms. The molecule has 0 radical (unpaired) electrons. The summed E-state index contributed by atoms with van der Waals surface area (Å²) in [7, 11) is 0. The van der Waals surface area contributed by atoms with Gasteiger partial charge in [0, 0.05) is 40.6 Å². The normalized spacial score (nSPS) is 15.9. The van der Waals surface area contributed by atoms with Crippen molar-refractivity contribution in [1.82, 2.24) is 25.3 Å². The lowest BCUT2D eigenvalue weighted by atomic mass is 10.0.